The number of aliphatic hydroxyl groups excluding tert-OH is 1. The van der Waals surface area contributed by atoms with Crippen molar-refractivity contribution in [3.05, 3.63) is 22.2 Å². The fraction of sp³-hybridized carbons (Fsp3) is 0.538. The highest BCUT2D eigenvalue weighted by molar-refractivity contribution is 9.10. The summed E-state index contributed by atoms with van der Waals surface area (Å²) in [4.78, 5) is 0. The SMILES string of the molecule is COc1cc(Br)cc(C(N)CO)c1OC1CCC1. The predicted molar refractivity (Wildman–Crippen MR) is 73.0 cm³/mol. The number of hydrogen-bond acceptors (Lipinski definition) is 4. The van der Waals surface area contributed by atoms with Crippen LogP contribution in [0.5, 0.6) is 11.5 Å². The number of hydrogen-bond donors (Lipinski definition) is 2. The van der Waals surface area contributed by atoms with E-state index in [-0.39, 0.29) is 12.7 Å². The van der Waals surface area contributed by atoms with Gasteiger partial charge in [-0.1, -0.05) is 15.9 Å². The van der Waals surface area contributed by atoms with Crippen LogP contribution in [0.15, 0.2) is 16.6 Å². The molecule has 0 aromatic heterocycles. The van der Waals surface area contributed by atoms with Crippen molar-refractivity contribution >= 4 is 15.9 Å². The smallest absolute Gasteiger partial charge is 0.166 e. The van der Waals surface area contributed by atoms with Crippen molar-refractivity contribution in [1.82, 2.24) is 0 Å². The third-order valence-corrected chi connectivity index (χ3v) is 3.66. The van der Waals surface area contributed by atoms with Gasteiger partial charge < -0.3 is 20.3 Å². The molecule has 3 N–H and O–H groups in total. The van der Waals surface area contributed by atoms with E-state index < -0.39 is 6.04 Å². The molecular weight excluding hydrogens is 298 g/mol. The average Bonchev–Trinajstić information content (AvgIpc) is 2.32. The van der Waals surface area contributed by atoms with E-state index in [9.17, 15) is 5.11 Å². The second-order valence-corrected chi connectivity index (χ2v) is 5.40. The number of methoxy groups -OCH3 is 1. The lowest BCUT2D eigenvalue weighted by Crippen LogP contribution is -2.26. The summed E-state index contributed by atoms with van der Waals surface area (Å²) in [5.41, 5.74) is 6.69. The Balaban J connectivity index is 2.36. The topological polar surface area (TPSA) is 64.7 Å². The fourth-order valence-electron chi connectivity index (χ4n) is 1.90. The summed E-state index contributed by atoms with van der Waals surface area (Å²) < 4.78 is 12.1. The van der Waals surface area contributed by atoms with E-state index in [2.05, 4.69) is 15.9 Å². The lowest BCUT2D eigenvalue weighted by Gasteiger charge is -2.29. The predicted octanol–water partition coefficient (Wildman–Crippen LogP) is 2.38. The standard InChI is InChI=1S/C13H18BrNO3/c1-17-12-6-8(14)5-10(11(15)7-16)13(12)18-9-3-2-4-9/h5-6,9,11,16H,2-4,7,15H2,1H3. The maximum Gasteiger partial charge on any atom is 0.166 e. The molecule has 5 heteroatoms. The van der Waals surface area contributed by atoms with E-state index in [0.717, 1.165) is 22.9 Å². The fourth-order valence-corrected chi connectivity index (χ4v) is 2.35. The molecule has 0 saturated heterocycles. The summed E-state index contributed by atoms with van der Waals surface area (Å²) in [6, 6.07) is 3.26. The molecule has 0 aliphatic heterocycles. The number of benzene rings is 1. The molecule has 1 aliphatic carbocycles. The summed E-state index contributed by atoms with van der Waals surface area (Å²) in [6.07, 6.45) is 3.56. The van der Waals surface area contributed by atoms with Crippen molar-refractivity contribution in [1.29, 1.82) is 0 Å². The van der Waals surface area contributed by atoms with Gasteiger partial charge in [0.05, 0.1) is 25.9 Å². The van der Waals surface area contributed by atoms with Crippen LogP contribution in [0.2, 0.25) is 0 Å². The zero-order chi connectivity index (χ0) is 13.1. The van der Waals surface area contributed by atoms with Gasteiger partial charge in [-0.3, -0.25) is 0 Å². The molecule has 1 aromatic carbocycles. The Bertz CT molecular complexity index is 421. The lowest BCUT2D eigenvalue weighted by atomic mass is 9.96. The van der Waals surface area contributed by atoms with Gasteiger partial charge in [-0.2, -0.15) is 0 Å². The molecule has 0 radical (unpaired) electrons. The van der Waals surface area contributed by atoms with Crippen molar-refractivity contribution in [2.75, 3.05) is 13.7 Å². The van der Waals surface area contributed by atoms with Gasteiger partial charge in [-0.25, -0.2) is 0 Å². The molecule has 2 rings (SSSR count). The third kappa shape index (κ3) is 2.79. The Morgan fingerprint density at radius 3 is 2.72 bits per heavy atom. The van der Waals surface area contributed by atoms with Gasteiger partial charge in [0, 0.05) is 10.0 Å². The van der Waals surface area contributed by atoms with Crippen molar-refractivity contribution in [2.24, 2.45) is 5.73 Å². The first kappa shape index (κ1) is 13.6. The third-order valence-electron chi connectivity index (χ3n) is 3.20. The second kappa shape index (κ2) is 5.91. The number of ether oxygens (including phenoxy) is 2. The first-order valence-electron chi connectivity index (χ1n) is 6.06. The van der Waals surface area contributed by atoms with E-state index in [0.29, 0.717) is 11.5 Å². The molecule has 0 bridgehead atoms. The number of halogens is 1. The second-order valence-electron chi connectivity index (χ2n) is 4.49. The van der Waals surface area contributed by atoms with Crippen LogP contribution in [-0.4, -0.2) is 24.9 Å². The van der Waals surface area contributed by atoms with Gasteiger partial charge in [0.1, 0.15) is 0 Å². The van der Waals surface area contributed by atoms with Crippen molar-refractivity contribution < 1.29 is 14.6 Å². The molecule has 0 amide bonds. The molecule has 18 heavy (non-hydrogen) atoms. The van der Waals surface area contributed by atoms with Gasteiger partial charge in [-0.15, -0.1) is 0 Å². The van der Waals surface area contributed by atoms with Crippen LogP contribution in [0.3, 0.4) is 0 Å². The maximum absolute atomic E-state index is 9.24. The zero-order valence-corrected chi connectivity index (χ0v) is 11.9. The number of nitrogens with two attached hydrogens (primary N) is 1. The quantitative estimate of drug-likeness (QED) is 0.875. The molecule has 1 saturated carbocycles. The van der Waals surface area contributed by atoms with E-state index >= 15 is 0 Å². The number of rotatable bonds is 5. The van der Waals surface area contributed by atoms with Crippen LogP contribution in [0.4, 0.5) is 0 Å². The van der Waals surface area contributed by atoms with E-state index in [1.807, 2.05) is 12.1 Å². The Hall–Kier alpha value is -0.780. The largest absolute Gasteiger partial charge is 0.493 e. The Kier molecular flexibility index (Phi) is 4.48. The van der Waals surface area contributed by atoms with E-state index in [1.54, 1.807) is 7.11 Å². The minimum Gasteiger partial charge on any atom is -0.493 e. The lowest BCUT2D eigenvalue weighted by molar-refractivity contribution is 0.113. The monoisotopic (exact) mass is 315 g/mol. The molecular formula is C13H18BrNO3. The van der Waals surface area contributed by atoms with Gasteiger partial charge >= 0.3 is 0 Å². The van der Waals surface area contributed by atoms with Crippen LogP contribution < -0.4 is 15.2 Å². The first-order chi connectivity index (χ1) is 8.65. The highest BCUT2D eigenvalue weighted by Gasteiger charge is 2.24. The summed E-state index contributed by atoms with van der Waals surface area (Å²) in [5, 5.41) is 9.24. The molecule has 1 unspecified atom stereocenters. The summed E-state index contributed by atoms with van der Waals surface area (Å²) >= 11 is 3.41. The molecule has 4 nitrogen and oxygen atoms in total. The maximum atomic E-state index is 9.24. The molecule has 0 spiro atoms. The van der Waals surface area contributed by atoms with Crippen molar-refractivity contribution in [3.8, 4) is 11.5 Å². The highest BCUT2D eigenvalue weighted by Crippen LogP contribution is 2.40. The van der Waals surface area contributed by atoms with Crippen LogP contribution in [0.25, 0.3) is 0 Å². The normalized spacial score (nSPS) is 17.1. The van der Waals surface area contributed by atoms with Crippen molar-refractivity contribution in [3.63, 3.8) is 0 Å². The summed E-state index contributed by atoms with van der Waals surface area (Å²) in [7, 11) is 1.60. The summed E-state index contributed by atoms with van der Waals surface area (Å²) in [5.74, 6) is 1.31. The van der Waals surface area contributed by atoms with Crippen LogP contribution in [0, 0.1) is 0 Å². The average molecular weight is 316 g/mol. The van der Waals surface area contributed by atoms with E-state index in [4.69, 9.17) is 15.2 Å². The number of aliphatic hydroxyl groups is 1. The van der Waals surface area contributed by atoms with Gasteiger partial charge in [0.2, 0.25) is 0 Å². The van der Waals surface area contributed by atoms with Gasteiger partial charge in [-0.05, 0) is 31.4 Å². The molecule has 1 aromatic rings. The van der Waals surface area contributed by atoms with E-state index in [1.165, 1.54) is 6.42 Å². The van der Waals surface area contributed by atoms with Crippen molar-refractivity contribution in [2.45, 2.75) is 31.4 Å². The summed E-state index contributed by atoms with van der Waals surface area (Å²) in [6.45, 7) is -0.124. The van der Waals surface area contributed by atoms with Gasteiger partial charge in [0.15, 0.2) is 11.5 Å². The molecule has 1 fully saturated rings. The highest BCUT2D eigenvalue weighted by atomic mass is 79.9. The van der Waals surface area contributed by atoms with Crippen LogP contribution in [-0.2, 0) is 0 Å². The Labute approximate surface area is 115 Å². The Morgan fingerprint density at radius 2 is 2.22 bits per heavy atom. The van der Waals surface area contributed by atoms with Crippen LogP contribution >= 0.6 is 15.9 Å². The molecule has 0 heterocycles. The molecule has 1 atom stereocenters. The molecule has 100 valence electrons. The Morgan fingerprint density at radius 1 is 1.50 bits per heavy atom. The van der Waals surface area contributed by atoms with Gasteiger partial charge in [0.25, 0.3) is 0 Å². The first-order valence-corrected chi connectivity index (χ1v) is 6.85. The zero-order valence-electron chi connectivity index (χ0n) is 10.4. The minimum atomic E-state index is -0.466. The molecule has 1 aliphatic rings. The van der Waals surface area contributed by atoms with Crippen LogP contribution in [0.1, 0.15) is 30.9 Å². The minimum absolute atomic E-state index is 0.124.